The van der Waals surface area contributed by atoms with Crippen LogP contribution in [0.25, 0.3) is 0 Å². The number of hydrogen-bond donors (Lipinski definition) is 0. The van der Waals surface area contributed by atoms with E-state index in [1.165, 1.54) is 0 Å². The lowest BCUT2D eigenvalue weighted by molar-refractivity contribution is 0.595. The summed E-state index contributed by atoms with van der Waals surface area (Å²) < 4.78 is 10.0. The van der Waals surface area contributed by atoms with Crippen LogP contribution in [-0.2, 0) is 4.57 Å². The highest BCUT2D eigenvalue weighted by atomic mass is 35.9. The van der Waals surface area contributed by atoms with Gasteiger partial charge in [0.15, 0.2) is 0 Å². The summed E-state index contributed by atoms with van der Waals surface area (Å²) in [7, 11) is 0.144. The minimum Gasteiger partial charge on any atom is -0.290 e. The highest BCUT2D eigenvalue weighted by Gasteiger charge is 2.15. The maximum atomic E-state index is 10.5. The summed E-state index contributed by atoms with van der Waals surface area (Å²) in [5, 5.41) is 0. The minimum absolute atomic E-state index is 0.144. The standard InChI is InChI=1S/C2H3Cl4OPSi/c3-2(4)9-1-8(5,6)7/h2H,1H2. The molecule has 0 rings (SSSR count). The molecule has 0 N–H and O–H groups in total. The first-order valence-corrected chi connectivity index (χ1v) is 7.77. The Morgan fingerprint density at radius 3 is 2.00 bits per heavy atom. The van der Waals surface area contributed by atoms with E-state index in [0.717, 1.165) is 0 Å². The Morgan fingerprint density at radius 1 is 1.44 bits per heavy atom. The van der Waals surface area contributed by atoms with Gasteiger partial charge in [-0.1, -0.05) is 0 Å². The molecule has 0 unspecified atom stereocenters. The maximum absolute atomic E-state index is 10.5. The van der Waals surface area contributed by atoms with Crippen molar-refractivity contribution in [2.45, 2.75) is 4.46 Å². The molecule has 0 aromatic rings. The second-order valence-electron chi connectivity index (χ2n) is 1.23. The zero-order chi connectivity index (χ0) is 7.49. The highest BCUT2D eigenvalue weighted by Crippen LogP contribution is 2.55. The first-order valence-electron chi connectivity index (χ1n) is 1.92. The van der Waals surface area contributed by atoms with Crippen molar-refractivity contribution in [2.24, 2.45) is 0 Å². The van der Waals surface area contributed by atoms with E-state index in [2.05, 4.69) is 0 Å². The van der Waals surface area contributed by atoms with Crippen LogP contribution in [0.4, 0.5) is 0 Å². The summed E-state index contributed by atoms with van der Waals surface area (Å²) in [6.07, 6.45) is 0. The van der Waals surface area contributed by atoms with E-state index in [1.54, 1.807) is 0 Å². The average molecular weight is 244 g/mol. The number of halogens is 4. The number of hydrogen-bond acceptors (Lipinski definition) is 1. The summed E-state index contributed by atoms with van der Waals surface area (Å²) in [5.74, 6) is -2.73. The van der Waals surface area contributed by atoms with Crippen LogP contribution in [0, 0.1) is 0 Å². The van der Waals surface area contributed by atoms with Gasteiger partial charge in [-0.05, 0) is 22.5 Å². The molecule has 0 aliphatic heterocycles. The molecule has 0 saturated heterocycles. The molecule has 0 atom stereocenters. The third-order valence-electron chi connectivity index (χ3n) is 0.430. The van der Waals surface area contributed by atoms with E-state index in [4.69, 9.17) is 45.7 Å². The van der Waals surface area contributed by atoms with Crippen LogP contribution in [0.1, 0.15) is 0 Å². The van der Waals surface area contributed by atoms with E-state index in [0.29, 0.717) is 0 Å². The van der Waals surface area contributed by atoms with Crippen molar-refractivity contribution in [3.63, 3.8) is 0 Å². The minimum atomic E-state index is -2.93. The largest absolute Gasteiger partial charge is 0.290 e. The van der Waals surface area contributed by atoms with Crippen molar-refractivity contribution < 1.29 is 4.57 Å². The van der Waals surface area contributed by atoms with Crippen molar-refractivity contribution in [3.8, 4) is 0 Å². The van der Waals surface area contributed by atoms with Gasteiger partial charge in [-0.25, -0.2) is 0 Å². The van der Waals surface area contributed by atoms with Crippen molar-refractivity contribution in [2.75, 3.05) is 5.79 Å². The van der Waals surface area contributed by atoms with Crippen molar-refractivity contribution >= 4 is 61.1 Å². The first-order chi connectivity index (χ1) is 3.92. The van der Waals surface area contributed by atoms with Gasteiger partial charge in [0.05, 0.1) is 14.0 Å². The van der Waals surface area contributed by atoms with Crippen LogP contribution in [-0.4, -0.2) is 19.8 Å². The Morgan fingerprint density at radius 2 is 1.89 bits per heavy atom. The average Bonchev–Trinajstić information content (AvgIpc) is 1.59. The van der Waals surface area contributed by atoms with Crippen LogP contribution in [0.15, 0.2) is 0 Å². The van der Waals surface area contributed by atoms with Crippen LogP contribution >= 0.6 is 51.5 Å². The predicted molar refractivity (Wildman–Crippen MR) is 45.4 cm³/mol. The molecule has 0 aliphatic rings. The van der Waals surface area contributed by atoms with E-state index < -0.39 is 10.3 Å². The van der Waals surface area contributed by atoms with Crippen LogP contribution in [0.3, 0.4) is 0 Å². The predicted octanol–water partition coefficient (Wildman–Crippen LogP) is 3.08. The summed E-state index contributed by atoms with van der Waals surface area (Å²) in [6, 6.07) is 0. The van der Waals surface area contributed by atoms with Crippen molar-refractivity contribution in [1.82, 2.24) is 0 Å². The molecule has 2 radical (unpaired) electrons. The van der Waals surface area contributed by atoms with Gasteiger partial charge in [0, 0.05) is 5.79 Å². The number of alkyl halides is 2. The van der Waals surface area contributed by atoms with Gasteiger partial charge < -0.3 is 0 Å². The zero-order valence-electron chi connectivity index (χ0n) is 4.15. The molecule has 0 aliphatic carbocycles. The summed E-state index contributed by atoms with van der Waals surface area (Å²) in [5.41, 5.74) is 0. The van der Waals surface area contributed by atoms with Gasteiger partial charge in [-0.2, -0.15) is 0 Å². The van der Waals surface area contributed by atoms with Crippen LogP contribution in [0.2, 0.25) is 0 Å². The SMILES string of the molecule is O=P(Cl)(Cl)C[Si]C(Cl)Cl. The molecule has 1 nitrogen and oxygen atoms in total. The normalized spacial score (nSPS) is 12.6. The molecule has 0 saturated carbocycles. The third-order valence-corrected chi connectivity index (χ3v) is 6.02. The topological polar surface area (TPSA) is 17.1 Å². The van der Waals surface area contributed by atoms with Gasteiger partial charge in [0.1, 0.15) is 0 Å². The lowest BCUT2D eigenvalue weighted by atomic mass is 11.8. The van der Waals surface area contributed by atoms with E-state index in [1.807, 2.05) is 0 Å². The Hall–Kier alpha value is 1.61. The second-order valence-corrected chi connectivity index (χ2v) is 10.2. The fraction of sp³-hybridized carbons (Fsp3) is 1.00. The quantitative estimate of drug-likeness (QED) is 0.423. The molecule has 0 bridgehead atoms. The van der Waals surface area contributed by atoms with Gasteiger partial charge in [0.2, 0.25) is 5.85 Å². The molecule has 0 heterocycles. The molecule has 0 aromatic carbocycles. The Bertz CT molecular complexity index is 122. The van der Waals surface area contributed by atoms with Crippen LogP contribution in [0.5, 0.6) is 0 Å². The molecule has 0 aromatic heterocycles. The fourth-order valence-corrected chi connectivity index (χ4v) is 4.06. The lowest BCUT2D eigenvalue weighted by Gasteiger charge is -1.98. The zero-order valence-corrected chi connectivity index (χ0v) is 9.07. The fourth-order valence-electron chi connectivity index (χ4n) is 0.175. The van der Waals surface area contributed by atoms with E-state index in [9.17, 15) is 4.57 Å². The molecule has 0 amide bonds. The monoisotopic (exact) mass is 242 g/mol. The maximum Gasteiger partial charge on any atom is 0.250 e. The van der Waals surface area contributed by atoms with Crippen LogP contribution < -0.4 is 0 Å². The van der Waals surface area contributed by atoms with Crippen molar-refractivity contribution in [3.05, 3.63) is 0 Å². The molecule has 7 heteroatoms. The third kappa shape index (κ3) is 9.61. The summed E-state index contributed by atoms with van der Waals surface area (Å²) in [4.78, 5) is 0. The number of rotatable bonds is 3. The van der Waals surface area contributed by atoms with E-state index in [-0.39, 0.29) is 15.3 Å². The highest BCUT2D eigenvalue weighted by molar-refractivity contribution is 8.09. The Labute approximate surface area is 75.8 Å². The molecular weight excluding hydrogens is 241 g/mol. The molecular formula is C2H3Cl4OPSi. The van der Waals surface area contributed by atoms with Gasteiger partial charge in [0.25, 0.3) is 0 Å². The first kappa shape index (κ1) is 10.6. The molecule has 9 heavy (non-hydrogen) atoms. The van der Waals surface area contributed by atoms with Gasteiger partial charge >= 0.3 is 0 Å². The van der Waals surface area contributed by atoms with Crippen molar-refractivity contribution in [1.29, 1.82) is 0 Å². The molecule has 0 fully saturated rings. The van der Waals surface area contributed by atoms with Gasteiger partial charge in [-0.3, -0.25) is 4.57 Å². The Kier molecular flexibility index (Phi) is 5.28. The van der Waals surface area contributed by atoms with Gasteiger partial charge in [-0.15, -0.1) is 23.2 Å². The Balaban J connectivity index is 3.40. The smallest absolute Gasteiger partial charge is 0.250 e. The summed E-state index contributed by atoms with van der Waals surface area (Å²) >= 11 is 21.0. The van der Waals surface area contributed by atoms with E-state index >= 15 is 0 Å². The molecule has 54 valence electrons. The second kappa shape index (κ2) is 4.48. The lowest BCUT2D eigenvalue weighted by Crippen LogP contribution is -2.04. The summed E-state index contributed by atoms with van der Waals surface area (Å²) in [6.45, 7) is 0. The molecule has 0 spiro atoms.